The number of fused-ring (bicyclic) bond motifs is 1. The Hall–Kier alpha value is -1.33. The van der Waals surface area contributed by atoms with Crippen LogP contribution in [-0.2, 0) is 14.9 Å². The number of morpholine rings is 1. The second-order valence-electron chi connectivity index (χ2n) is 5.69. The van der Waals surface area contributed by atoms with Crippen LogP contribution < -0.4 is 4.74 Å². The Kier molecular flexibility index (Phi) is 8.16. The van der Waals surface area contributed by atoms with Crippen LogP contribution in [0.3, 0.4) is 0 Å². The number of aromatic amines is 1. The zero-order valence-corrected chi connectivity index (χ0v) is 16.6. The quantitative estimate of drug-likeness (QED) is 0.557. The number of hydrogen-bond donors (Lipinski definition) is 2. The SMILES string of the molecule is CCOc1ccc2nc(SCCN3CCOCC3)[nH]c2c1.CS(=O)(=O)O. The summed E-state index contributed by atoms with van der Waals surface area (Å²) in [6.45, 7) is 7.54. The summed E-state index contributed by atoms with van der Waals surface area (Å²) < 4.78 is 36.7. The molecule has 0 unspecified atom stereocenters. The highest BCUT2D eigenvalue weighted by molar-refractivity contribution is 7.99. The molecule has 2 aromatic rings. The zero-order chi connectivity index (χ0) is 19.0. The van der Waals surface area contributed by atoms with Gasteiger partial charge in [0.2, 0.25) is 0 Å². The fourth-order valence-corrected chi connectivity index (χ4v) is 3.27. The predicted octanol–water partition coefficient (Wildman–Crippen LogP) is 1.89. The Morgan fingerprint density at radius 2 is 2.08 bits per heavy atom. The number of nitrogens with one attached hydrogen (secondary N) is 1. The average Bonchev–Trinajstić information content (AvgIpc) is 2.97. The van der Waals surface area contributed by atoms with E-state index in [0.717, 1.165) is 60.5 Å². The van der Waals surface area contributed by atoms with E-state index in [9.17, 15) is 8.42 Å². The lowest BCUT2D eigenvalue weighted by Crippen LogP contribution is -2.37. The lowest BCUT2D eigenvalue weighted by atomic mass is 10.3. The molecule has 26 heavy (non-hydrogen) atoms. The smallest absolute Gasteiger partial charge is 0.261 e. The van der Waals surface area contributed by atoms with Gasteiger partial charge in [0.05, 0.1) is 37.1 Å². The summed E-state index contributed by atoms with van der Waals surface area (Å²) in [4.78, 5) is 10.4. The summed E-state index contributed by atoms with van der Waals surface area (Å²) in [6, 6.07) is 5.98. The van der Waals surface area contributed by atoms with Crippen LogP contribution in [0.1, 0.15) is 6.92 Å². The van der Waals surface area contributed by atoms with Crippen LogP contribution in [0.2, 0.25) is 0 Å². The largest absolute Gasteiger partial charge is 0.494 e. The van der Waals surface area contributed by atoms with E-state index in [1.807, 2.05) is 25.1 Å². The molecule has 0 bridgehead atoms. The van der Waals surface area contributed by atoms with Gasteiger partial charge < -0.3 is 14.5 Å². The summed E-state index contributed by atoms with van der Waals surface area (Å²) in [5.41, 5.74) is 2.03. The van der Waals surface area contributed by atoms with Crippen molar-refractivity contribution >= 4 is 32.9 Å². The van der Waals surface area contributed by atoms with Crippen molar-refractivity contribution in [2.45, 2.75) is 12.1 Å². The predicted molar refractivity (Wildman–Crippen MR) is 103 cm³/mol. The Bertz CT molecular complexity index is 780. The van der Waals surface area contributed by atoms with E-state index in [2.05, 4.69) is 14.9 Å². The van der Waals surface area contributed by atoms with Gasteiger partial charge in [-0.25, -0.2) is 4.98 Å². The number of benzene rings is 1. The Morgan fingerprint density at radius 3 is 2.73 bits per heavy atom. The van der Waals surface area contributed by atoms with Gasteiger partial charge in [-0.15, -0.1) is 0 Å². The minimum atomic E-state index is -3.67. The highest BCUT2D eigenvalue weighted by Crippen LogP contribution is 2.23. The summed E-state index contributed by atoms with van der Waals surface area (Å²) in [6.07, 6.45) is 0.715. The number of aromatic nitrogens is 2. The van der Waals surface area contributed by atoms with Crippen LogP contribution in [0.4, 0.5) is 0 Å². The number of hydrogen-bond acceptors (Lipinski definition) is 7. The number of imidazole rings is 1. The lowest BCUT2D eigenvalue weighted by molar-refractivity contribution is 0.0410. The van der Waals surface area contributed by atoms with Gasteiger partial charge in [-0.05, 0) is 19.1 Å². The molecule has 2 heterocycles. The van der Waals surface area contributed by atoms with Crippen molar-refractivity contribution < 1.29 is 22.4 Å². The molecule has 146 valence electrons. The van der Waals surface area contributed by atoms with Gasteiger partial charge in [0, 0.05) is 31.5 Å². The van der Waals surface area contributed by atoms with Crippen LogP contribution in [0, 0.1) is 0 Å². The second-order valence-corrected chi connectivity index (χ2v) is 8.24. The van der Waals surface area contributed by atoms with Crippen molar-refractivity contribution in [1.82, 2.24) is 14.9 Å². The molecule has 1 aliphatic rings. The summed E-state index contributed by atoms with van der Waals surface area (Å²) in [7, 11) is -3.67. The fourth-order valence-electron chi connectivity index (χ4n) is 2.39. The van der Waals surface area contributed by atoms with E-state index < -0.39 is 10.1 Å². The van der Waals surface area contributed by atoms with Gasteiger partial charge in [-0.1, -0.05) is 11.8 Å². The monoisotopic (exact) mass is 403 g/mol. The summed E-state index contributed by atoms with van der Waals surface area (Å²) >= 11 is 1.77. The van der Waals surface area contributed by atoms with Crippen LogP contribution in [0.5, 0.6) is 5.75 Å². The fraction of sp³-hybridized carbons (Fsp3) is 0.562. The third-order valence-corrected chi connectivity index (χ3v) is 4.35. The normalized spacial score (nSPS) is 15.5. The van der Waals surface area contributed by atoms with E-state index in [0.29, 0.717) is 12.9 Å². The van der Waals surface area contributed by atoms with Gasteiger partial charge in [0.25, 0.3) is 10.1 Å². The molecule has 0 atom stereocenters. The number of nitrogens with zero attached hydrogens (tertiary/aromatic N) is 2. The van der Waals surface area contributed by atoms with E-state index in [-0.39, 0.29) is 0 Å². The Balaban J connectivity index is 0.000000431. The molecule has 1 saturated heterocycles. The van der Waals surface area contributed by atoms with Crippen molar-refractivity contribution in [3.8, 4) is 5.75 Å². The molecule has 1 aromatic heterocycles. The Morgan fingerprint density at radius 1 is 1.38 bits per heavy atom. The molecule has 8 nitrogen and oxygen atoms in total. The summed E-state index contributed by atoms with van der Waals surface area (Å²) in [5.74, 6) is 1.93. The van der Waals surface area contributed by atoms with Crippen LogP contribution in [0.25, 0.3) is 11.0 Å². The van der Waals surface area contributed by atoms with Gasteiger partial charge in [-0.2, -0.15) is 8.42 Å². The van der Waals surface area contributed by atoms with Gasteiger partial charge in [-0.3, -0.25) is 9.45 Å². The van der Waals surface area contributed by atoms with Crippen LogP contribution in [-0.4, -0.2) is 79.3 Å². The molecule has 1 aromatic carbocycles. The number of rotatable bonds is 6. The molecule has 0 saturated carbocycles. The Labute approximate surface area is 158 Å². The molecule has 1 fully saturated rings. The summed E-state index contributed by atoms with van der Waals surface area (Å²) in [5, 5.41) is 0.979. The van der Waals surface area contributed by atoms with Gasteiger partial charge in [0.1, 0.15) is 5.75 Å². The molecule has 0 spiro atoms. The maximum Gasteiger partial charge on any atom is 0.261 e. The molecule has 0 amide bonds. The highest BCUT2D eigenvalue weighted by Gasteiger charge is 2.10. The first-order chi connectivity index (χ1) is 12.3. The van der Waals surface area contributed by atoms with Crippen molar-refractivity contribution in [3.63, 3.8) is 0 Å². The van der Waals surface area contributed by atoms with E-state index in [1.54, 1.807) is 11.8 Å². The van der Waals surface area contributed by atoms with Crippen molar-refractivity contribution in [2.75, 3.05) is 51.5 Å². The third-order valence-electron chi connectivity index (χ3n) is 3.49. The lowest BCUT2D eigenvalue weighted by Gasteiger charge is -2.26. The van der Waals surface area contributed by atoms with Crippen molar-refractivity contribution in [3.05, 3.63) is 18.2 Å². The maximum absolute atomic E-state index is 9.19. The second kappa shape index (κ2) is 10.1. The topological polar surface area (TPSA) is 105 Å². The third kappa shape index (κ3) is 7.92. The molecule has 1 aliphatic heterocycles. The molecular formula is C16H25N3O5S2. The maximum atomic E-state index is 9.19. The molecule has 10 heteroatoms. The number of ether oxygens (including phenoxy) is 2. The number of thioether (sulfide) groups is 1. The number of H-pyrrole nitrogens is 1. The van der Waals surface area contributed by atoms with Crippen LogP contribution in [0.15, 0.2) is 23.4 Å². The van der Waals surface area contributed by atoms with E-state index >= 15 is 0 Å². The van der Waals surface area contributed by atoms with Gasteiger partial charge >= 0.3 is 0 Å². The van der Waals surface area contributed by atoms with Crippen LogP contribution >= 0.6 is 11.8 Å². The van der Waals surface area contributed by atoms with E-state index in [1.165, 1.54) is 0 Å². The van der Waals surface area contributed by atoms with Crippen molar-refractivity contribution in [1.29, 1.82) is 0 Å². The average molecular weight is 404 g/mol. The highest BCUT2D eigenvalue weighted by atomic mass is 32.2. The zero-order valence-electron chi connectivity index (χ0n) is 15.0. The molecule has 2 N–H and O–H groups in total. The minimum Gasteiger partial charge on any atom is -0.494 e. The molecule has 0 aliphatic carbocycles. The molecular weight excluding hydrogens is 378 g/mol. The molecule has 0 radical (unpaired) electrons. The molecule has 3 rings (SSSR count). The first kappa shape index (κ1) is 21.0. The minimum absolute atomic E-state index is 0.681. The van der Waals surface area contributed by atoms with Gasteiger partial charge in [0.15, 0.2) is 5.16 Å². The first-order valence-electron chi connectivity index (χ1n) is 8.33. The van der Waals surface area contributed by atoms with E-state index in [4.69, 9.17) is 14.0 Å². The van der Waals surface area contributed by atoms with Crippen molar-refractivity contribution in [2.24, 2.45) is 0 Å². The first-order valence-corrected chi connectivity index (χ1v) is 11.2. The standard InChI is InChI=1S/C15H21N3O2S.CH4O3S/c1-2-20-12-3-4-13-14(11-12)17-15(16-13)21-10-7-18-5-8-19-9-6-18;1-5(2,3)4/h3-4,11H,2,5-10H2,1H3,(H,16,17);1H3,(H,2,3,4).